The lowest BCUT2D eigenvalue weighted by Crippen LogP contribution is -2.42. The Morgan fingerprint density at radius 3 is 2.79 bits per heavy atom. The van der Waals surface area contributed by atoms with Crippen LogP contribution in [0, 0.1) is 0 Å². The van der Waals surface area contributed by atoms with Gasteiger partial charge < -0.3 is 14.8 Å². The second-order valence-electron chi connectivity index (χ2n) is 4.31. The first-order valence-corrected chi connectivity index (χ1v) is 5.88. The van der Waals surface area contributed by atoms with Gasteiger partial charge >= 0.3 is 0 Å². The van der Waals surface area contributed by atoms with Crippen molar-refractivity contribution < 1.29 is 9.47 Å². The zero-order valence-electron chi connectivity index (χ0n) is 8.84. The van der Waals surface area contributed by atoms with Gasteiger partial charge in [0.2, 0.25) is 0 Å². The molecule has 2 atom stereocenters. The fourth-order valence-electron chi connectivity index (χ4n) is 2.17. The van der Waals surface area contributed by atoms with E-state index < -0.39 is 0 Å². The minimum absolute atomic E-state index is 0.450. The standard InChI is InChI=1S/C11H21NO2/c1-2-7-14-11(5-1)8-12-10-4-3-6-13-9-10/h10-12H,1-9H2. The van der Waals surface area contributed by atoms with E-state index in [1.54, 1.807) is 0 Å². The van der Waals surface area contributed by atoms with Crippen molar-refractivity contribution in [3.8, 4) is 0 Å². The van der Waals surface area contributed by atoms with Gasteiger partial charge in [0.25, 0.3) is 0 Å². The predicted molar refractivity (Wildman–Crippen MR) is 55.4 cm³/mol. The number of nitrogens with one attached hydrogen (secondary N) is 1. The van der Waals surface area contributed by atoms with E-state index >= 15 is 0 Å². The molecule has 0 aliphatic carbocycles. The van der Waals surface area contributed by atoms with Crippen molar-refractivity contribution in [3.05, 3.63) is 0 Å². The summed E-state index contributed by atoms with van der Waals surface area (Å²) in [4.78, 5) is 0. The second-order valence-corrected chi connectivity index (χ2v) is 4.31. The van der Waals surface area contributed by atoms with Crippen molar-refractivity contribution >= 4 is 0 Å². The molecule has 0 spiro atoms. The maximum Gasteiger partial charge on any atom is 0.0699 e. The van der Waals surface area contributed by atoms with Crippen molar-refractivity contribution in [2.45, 2.75) is 44.2 Å². The minimum Gasteiger partial charge on any atom is -0.380 e. The van der Waals surface area contributed by atoms with Crippen LogP contribution in [-0.4, -0.2) is 38.5 Å². The van der Waals surface area contributed by atoms with Crippen molar-refractivity contribution in [3.63, 3.8) is 0 Å². The normalized spacial score (nSPS) is 34.3. The molecule has 2 fully saturated rings. The maximum absolute atomic E-state index is 5.67. The molecular weight excluding hydrogens is 178 g/mol. The third-order valence-corrected chi connectivity index (χ3v) is 3.07. The summed E-state index contributed by atoms with van der Waals surface area (Å²) < 4.78 is 11.1. The summed E-state index contributed by atoms with van der Waals surface area (Å²) in [5.74, 6) is 0. The van der Waals surface area contributed by atoms with Crippen LogP contribution in [0.2, 0.25) is 0 Å². The van der Waals surface area contributed by atoms with Gasteiger partial charge in [-0.1, -0.05) is 0 Å². The van der Waals surface area contributed by atoms with E-state index in [0.717, 1.165) is 26.4 Å². The molecule has 0 amide bonds. The molecule has 3 nitrogen and oxygen atoms in total. The Labute approximate surface area is 86.2 Å². The summed E-state index contributed by atoms with van der Waals surface area (Å²) in [6, 6.07) is 0.564. The van der Waals surface area contributed by atoms with Crippen LogP contribution < -0.4 is 5.32 Å². The number of rotatable bonds is 3. The third-order valence-electron chi connectivity index (χ3n) is 3.07. The Morgan fingerprint density at radius 2 is 2.07 bits per heavy atom. The summed E-state index contributed by atoms with van der Waals surface area (Å²) >= 11 is 0. The first-order chi connectivity index (χ1) is 6.95. The Bertz CT molecular complexity index is 133. The largest absolute Gasteiger partial charge is 0.380 e. The molecule has 0 bridgehead atoms. The van der Waals surface area contributed by atoms with Crippen LogP contribution in [0.25, 0.3) is 0 Å². The van der Waals surface area contributed by atoms with Crippen molar-refractivity contribution in [2.75, 3.05) is 26.4 Å². The van der Waals surface area contributed by atoms with Crippen molar-refractivity contribution in [2.24, 2.45) is 0 Å². The van der Waals surface area contributed by atoms with E-state index in [9.17, 15) is 0 Å². The molecule has 0 aromatic carbocycles. The number of hydrogen-bond acceptors (Lipinski definition) is 3. The van der Waals surface area contributed by atoms with E-state index in [4.69, 9.17) is 9.47 Å². The first kappa shape index (κ1) is 10.4. The van der Waals surface area contributed by atoms with Gasteiger partial charge in [-0.05, 0) is 32.1 Å². The van der Waals surface area contributed by atoms with Crippen molar-refractivity contribution in [1.29, 1.82) is 0 Å². The van der Waals surface area contributed by atoms with Gasteiger partial charge in [-0.15, -0.1) is 0 Å². The van der Waals surface area contributed by atoms with Gasteiger partial charge in [-0.3, -0.25) is 0 Å². The molecule has 1 N–H and O–H groups in total. The highest BCUT2D eigenvalue weighted by molar-refractivity contribution is 4.73. The highest BCUT2D eigenvalue weighted by Gasteiger charge is 2.17. The van der Waals surface area contributed by atoms with Crippen LogP contribution in [0.4, 0.5) is 0 Å². The molecule has 0 aromatic rings. The minimum atomic E-state index is 0.450. The Balaban J connectivity index is 1.60. The molecule has 0 aromatic heterocycles. The SMILES string of the molecule is C1CCC(CNC2CCCOC2)OC1. The summed E-state index contributed by atoms with van der Waals surface area (Å²) in [6.45, 7) is 3.78. The average Bonchev–Trinajstić information content (AvgIpc) is 2.29. The van der Waals surface area contributed by atoms with Gasteiger partial charge in [0.15, 0.2) is 0 Å². The van der Waals surface area contributed by atoms with Crippen LogP contribution in [0.15, 0.2) is 0 Å². The molecule has 2 rings (SSSR count). The van der Waals surface area contributed by atoms with Crippen molar-refractivity contribution in [1.82, 2.24) is 5.32 Å². The van der Waals surface area contributed by atoms with Crippen LogP contribution in [0.5, 0.6) is 0 Å². The number of ether oxygens (including phenoxy) is 2. The van der Waals surface area contributed by atoms with Crippen LogP contribution >= 0.6 is 0 Å². The molecule has 0 saturated carbocycles. The lowest BCUT2D eigenvalue weighted by Gasteiger charge is -2.27. The molecule has 14 heavy (non-hydrogen) atoms. The van der Waals surface area contributed by atoms with Gasteiger partial charge in [-0.2, -0.15) is 0 Å². The maximum atomic E-state index is 5.67. The topological polar surface area (TPSA) is 30.5 Å². The van der Waals surface area contributed by atoms with E-state index in [1.807, 2.05) is 0 Å². The molecule has 2 saturated heterocycles. The zero-order chi connectivity index (χ0) is 9.64. The predicted octanol–water partition coefficient (Wildman–Crippen LogP) is 1.32. The first-order valence-electron chi connectivity index (χ1n) is 5.88. The second kappa shape index (κ2) is 5.69. The van der Waals surface area contributed by atoms with E-state index in [1.165, 1.54) is 32.1 Å². The van der Waals surface area contributed by atoms with E-state index in [-0.39, 0.29) is 0 Å². The van der Waals surface area contributed by atoms with Gasteiger partial charge in [0.1, 0.15) is 0 Å². The van der Waals surface area contributed by atoms with Crippen LogP contribution in [-0.2, 0) is 9.47 Å². The molecule has 2 aliphatic rings. The molecule has 82 valence electrons. The summed E-state index contributed by atoms with van der Waals surface area (Å²) in [7, 11) is 0. The fraction of sp³-hybridized carbons (Fsp3) is 1.00. The van der Waals surface area contributed by atoms with E-state index in [2.05, 4.69) is 5.32 Å². The highest BCUT2D eigenvalue weighted by atomic mass is 16.5. The third kappa shape index (κ3) is 3.23. The summed E-state index contributed by atoms with van der Waals surface area (Å²) in [5, 5.41) is 3.54. The highest BCUT2D eigenvalue weighted by Crippen LogP contribution is 2.12. The Morgan fingerprint density at radius 1 is 1.07 bits per heavy atom. The fourth-order valence-corrected chi connectivity index (χ4v) is 2.17. The average molecular weight is 199 g/mol. The van der Waals surface area contributed by atoms with Gasteiger partial charge in [-0.25, -0.2) is 0 Å². The molecule has 3 heteroatoms. The molecular formula is C11H21NO2. The van der Waals surface area contributed by atoms with Crippen LogP contribution in [0.1, 0.15) is 32.1 Å². The zero-order valence-corrected chi connectivity index (χ0v) is 8.84. The number of hydrogen-bond donors (Lipinski definition) is 1. The smallest absolute Gasteiger partial charge is 0.0699 e. The van der Waals surface area contributed by atoms with Gasteiger partial charge in [0.05, 0.1) is 12.7 Å². The Hall–Kier alpha value is -0.120. The molecule has 2 unspecified atom stereocenters. The monoisotopic (exact) mass is 199 g/mol. The summed E-state index contributed by atoms with van der Waals surface area (Å²) in [5.41, 5.74) is 0. The summed E-state index contributed by atoms with van der Waals surface area (Å²) in [6.07, 6.45) is 6.69. The lowest BCUT2D eigenvalue weighted by molar-refractivity contribution is 0.00835. The molecule has 0 radical (unpaired) electrons. The molecule has 2 heterocycles. The Kier molecular flexibility index (Phi) is 4.22. The van der Waals surface area contributed by atoms with Crippen LogP contribution in [0.3, 0.4) is 0 Å². The lowest BCUT2D eigenvalue weighted by atomic mass is 10.1. The molecule has 2 aliphatic heterocycles. The van der Waals surface area contributed by atoms with Gasteiger partial charge in [0, 0.05) is 25.8 Å². The van der Waals surface area contributed by atoms with E-state index in [0.29, 0.717) is 12.1 Å². The quantitative estimate of drug-likeness (QED) is 0.743.